The highest BCUT2D eigenvalue weighted by atomic mass is 35.5. The van der Waals surface area contributed by atoms with Crippen molar-refractivity contribution >= 4 is 23.5 Å². The zero-order valence-corrected chi connectivity index (χ0v) is 13.6. The summed E-state index contributed by atoms with van der Waals surface area (Å²) in [7, 11) is 1.30. The minimum absolute atomic E-state index is 0.172. The van der Waals surface area contributed by atoms with Gasteiger partial charge in [-0.1, -0.05) is 39.0 Å². The van der Waals surface area contributed by atoms with Crippen molar-refractivity contribution in [2.75, 3.05) is 7.11 Å². The highest BCUT2D eigenvalue weighted by Gasteiger charge is 2.18. The van der Waals surface area contributed by atoms with Crippen molar-refractivity contribution in [3.8, 4) is 0 Å². The Hall–Kier alpha value is -1.29. The third-order valence-electron chi connectivity index (χ3n) is 3.43. The molecular weight excluding hydrogens is 290 g/mol. The molecule has 0 radical (unpaired) electrons. The van der Waals surface area contributed by atoms with Crippen molar-refractivity contribution in [1.82, 2.24) is 4.57 Å². The topological polar surface area (TPSA) is 48.3 Å². The van der Waals surface area contributed by atoms with Crippen molar-refractivity contribution in [3.63, 3.8) is 0 Å². The van der Waals surface area contributed by atoms with E-state index in [1.54, 1.807) is 18.3 Å². The Morgan fingerprint density at radius 3 is 2.67 bits per heavy atom. The van der Waals surface area contributed by atoms with Crippen molar-refractivity contribution < 1.29 is 14.3 Å². The summed E-state index contributed by atoms with van der Waals surface area (Å²) < 4.78 is 5.97. The van der Waals surface area contributed by atoms with Crippen LogP contribution in [0.5, 0.6) is 0 Å². The third-order valence-corrected chi connectivity index (χ3v) is 3.80. The van der Waals surface area contributed by atoms with Gasteiger partial charge in [0.1, 0.15) is 5.69 Å². The van der Waals surface area contributed by atoms with Crippen LogP contribution in [0.4, 0.5) is 0 Å². The molecule has 0 saturated heterocycles. The number of ether oxygens (including phenoxy) is 1. The molecule has 0 aliphatic carbocycles. The van der Waals surface area contributed by atoms with E-state index in [0.717, 1.165) is 19.3 Å². The molecule has 0 saturated carbocycles. The Kier molecular flexibility index (Phi) is 8.13. The molecule has 1 aromatic heterocycles. The lowest BCUT2D eigenvalue weighted by Gasteiger charge is -2.10. The van der Waals surface area contributed by atoms with Crippen LogP contribution >= 0.6 is 11.6 Å². The van der Waals surface area contributed by atoms with Gasteiger partial charge in [-0.3, -0.25) is 9.36 Å². The summed E-state index contributed by atoms with van der Waals surface area (Å²) in [6.45, 7) is 2.18. The fourth-order valence-electron chi connectivity index (χ4n) is 2.23. The van der Waals surface area contributed by atoms with E-state index >= 15 is 0 Å². The van der Waals surface area contributed by atoms with Crippen LogP contribution in [0, 0.1) is 0 Å². The average molecular weight is 314 g/mol. The summed E-state index contributed by atoms with van der Waals surface area (Å²) in [6.07, 6.45) is 8.50. The Labute approximate surface area is 131 Å². The number of esters is 1. The molecule has 0 bridgehead atoms. The first-order valence-corrected chi connectivity index (χ1v) is 7.96. The zero-order valence-electron chi connectivity index (χ0n) is 12.8. The van der Waals surface area contributed by atoms with E-state index in [-0.39, 0.29) is 23.4 Å². The second kappa shape index (κ2) is 9.61. The number of halogens is 1. The molecule has 1 heterocycles. The molecule has 118 valence electrons. The molecule has 1 rings (SSSR count). The van der Waals surface area contributed by atoms with E-state index in [1.807, 2.05) is 0 Å². The zero-order chi connectivity index (χ0) is 15.7. The van der Waals surface area contributed by atoms with Crippen molar-refractivity contribution in [3.05, 3.63) is 24.0 Å². The van der Waals surface area contributed by atoms with E-state index < -0.39 is 5.97 Å². The predicted molar refractivity (Wildman–Crippen MR) is 84.0 cm³/mol. The maximum Gasteiger partial charge on any atom is 0.355 e. The number of hydrogen-bond acceptors (Lipinski definition) is 3. The summed E-state index contributed by atoms with van der Waals surface area (Å²) >= 11 is 6.22. The first kappa shape index (κ1) is 17.8. The normalized spacial score (nSPS) is 12.1. The van der Waals surface area contributed by atoms with Gasteiger partial charge in [-0.25, -0.2) is 4.79 Å². The second-order valence-corrected chi connectivity index (χ2v) is 5.77. The van der Waals surface area contributed by atoms with Gasteiger partial charge in [-0.15, -0.1) is 11.6 Å². The van der Waals surface area contributed by atoms with E-state index in [1.165, 1.54) is 30.9 Å². The Morgan fingerprint density at radius 1 is 1.29 bits per heavy atom. The van der Waals surface area contributed by atoms with Gasteiger partial charge in [-0.05, 0) is 18.6 Å². The van der Waals surface area contributed by atoms with Gasteiger partial charge in [0, 0.05) is 18.0 Å². The number of methoxy groups -OCH3 is 1. The number of hydrogen-bond donors (Lipinski definition) is 0. The highest BCUT2D eigenvalue weighted by Crippen LogP contribution is 2.16. The molecule has 1 atom stereocenters. The van der Waals surface area contributed by atoms with Gasteiger partial charge >= 0.3 is 5.97 Å². The van der Waals surface area contributed by atoms with Gasteiger partial charge in [0.05, 0.1) is 7.11 Å². The molecule has 0 aliphatic heterocycles. The molecule has 1 aromatic rings. The Morgan fingerprint density at radius 2 is 2.00 bits per heavy atom. The molecule has 0 N–H and O–H groups in total. The minimum Gasteiger partial charge on any atom is -0.464 e. The highest BCUT2D eigenvalue weighted by molar-refractivity contribution is 6.21. The predicted octanol–water partition coefficient (Wildman–Crippen LogP) is 4.27. The third kappa shape index (κ3) is 5.92. The molecule has 4 nitrogen and oxygen atoms in total. The minimum atomic E-state index is -0.515. The standard InChI is InChI=1S/C16H24ClNO3/c1-3-4-5-6-7-9-13(17)12-15(19)18-11-8-10-14(18)16(20)21-2/h8,10-11,13H,3-7,9,12H2,1-2H3. The van der Waals surface area contributed by atoms with E-state index in [4.69, 9.17) is 11.6 Å². The number of alkyl halides is 1. The van der Waals surface area contributed by atoms with Gasteiger partial charge < -0.3 is 4.74 Å². The number of nitrogens with zero attached hydrogens (tertiary/aromatic N) is 1. The van der Waals surface area contributed by atoms with Crippen LogP contribution in [0.15, 0.2) is 18.3 Å². The fraction of sp³-hybridized carbons (Fsp3) is 0.625. The quantitative estimate of drug-likeness (QED) is 0.388. The van der Waals surface area contributed by atoms with Gasteiger partial charge in [0.25, 0.3) is 0 Å². The van der Waals surface area contributed by atoms with Crippen LogP contribution in [0.3, 0.4) is 0 Å². The van der Waals surface area contributed by atoms with Crippen molar-refractivity contribution in [2.45, 2.75) is 57.2 Å². The van der Waals surface area contributed by atoms with Crippen LogP contribution in [-0.2, 0) is 4.74 Å². The molecule has 0 fully saturated rings. The largest absolute Gasteiger partial charge is 0.464 e. The molecular formula is C16H24ClNO3. The maximum absolute atomic E-state index is 12.2. The summed E-state index contributed by atoms with van der Waals surface area (Å²) in [5, 5.41) is -0.188. The molecule has 0 aliphatic rings. The molecule has 0 spiro atoms. The second-order valence-electron chi connectivity index (χ2n) is 5.15. The Bertz CT molecular complexity index is 456. The molecule has 5 heteroatoms. The van der Waals surface area contributed by atoms with E-state index in [9.17, 15) is 9.59 Å². The van der Waals surface area contributed by atoms with Crippen molar-refractivity contribution in [2.24, 2.45) is 0 Å². The van der Waals surface area contributed by atoms with Gasteiger partial charge in [-0.2, -0.15) is 0 Å². The van der Waals surface area contributed by atoms with Gasteiger partial charge in [0.2, 0.25) is 5.91 Å². The summed E-state index contributed by atoms with van der Waals surface area (Å²) in [6, 6.07) is 3.22. The molecule has 0 amide bonds. The lowest BCUT2D eigenvalue weighted by molar-refractivity contribution is 0.0580. The number of aromatic nitrogens is 1. The van der Waals surface area contributed by atoms with Crippen LogP contribution in [0.1, 0.15) is 67.2 Å². The number of carbonyl (C=O) groups excluding carboxylic acids is 2. The van der Waals surface area contributed by atoms with Gasteiger partial charge in [0.15, 0.2) is 0 Å². The first-order valence-electron chi connectivity index (χ1n) is 7.53. The number of unbranched alkanes of at least 4 members (excludes halogenated alkanes) is 4. The van der Waals surface area contributed by atoms with E-state index in [2.05, 4.69) is 11.7 Å². The fourth-order valence-corrected chi connectivity index (χ4v) is 2.51. The monoisotopic (exact) mass is 313 g/mol. The number of carbonyl (C=O) groups is 2. The molecule has 21 heavy (non-hydrogen) atoms. The first-order chi connectivity index (χ1) is 10.1. The van der Waals surface area contributed by atoms with Crippen LogP contribution in [0.25, 0.3) is 0 Å². The average Bonchev–Trinajstić information content (AvgIpc) is 2.95. The van der Waals surface area contributed by atoms with E-state index in [0.29, 0.717) is 0 Å². The Balaban J connectivity index is 2.42. The molecule has 1 unspecified atom stereocenters. The maximum atomic E-state index is 12.2. The molecule has 0 aromatic carbocycles. The smallest absolute Gasteiger partial charge is 0.355 e. The van der Waals surface area contributed by atoms with Crippen LogP contribution < -0.4 is 0 Å². The summed E-state index contributed by atoms with van der Waals surface area (Å²) in [4.78, 5) is 23.7. The summed E-state index contributed by atoms with van der Waals surface area (Å²) in [5.41, 5.74) is 0.245. The van der Waals surface area contributed by atoms with Crippen LogP contribution in [-0.4, -0.2) is 28.9 Å². The van der Waals surface area contributed by atoms with Crippen molar-refractivity contribution in [1.29, 1.82) is 0 Å². The SMILES string of the molecule is CCCCCCCC(Cl)CC(=O)n1cccc1C(=O)OC. The van der Waals surface area contributed by atoms with Crippen LogP contribution in [0.2, 0.25) is 0 Å². The lowest BCUT2D eigenvalue weighted by atomic mass is 10.1. The number of rotatable bonds is 9. The lowest BCUT2D eigenvalue weighted by Crippen LogP contribution is -2.20. The summed E-state index contributed by atoms with van der Waals surface area (Å²) in [5.74, 6) is -0.687.